The molecule has 5 aliphatic rings. The number of ether oxygens (including phenoxy) is 1. The number of benzene rings is 1. The highest BCUT2D eigenvalue weighted by Crippen LogP contribution is 2.56. The number of fused-ring (bicyclic) bond motifs is 1. The van der Waals surface area contributed by atoms with E-state index in [1.807, 2.05) is 27.7 Å². The zero-order chi connectivity index (χ0) is 20.5. The third-order valence-electron chi connectivity index (χ3n) is 8.92. The van der Waals surface area contributed by atoms with Gasteiger partial charge in [0, 0.05) is 18.5 Å². The molecule has 1 aromatic carbocycles. The lowest BCUT2D eigenvalue weighted by Crippen LogP contribution is -2.54. The Morgan fingerprint density at radius 2 is 1.66 bits per heavy atom. The third kappa shape index (κ3) is 2.97. The quantitative estimate of drug-likeness (QED) is 0.784. The normalized spacial score (nSPS) is 37.2. The maximum atomic E-state index is 13.2. The molecule has 29 heavy (non-hydrogen) atoms. The van der Waals surface area contributed by atoms with E-state index in [0.29, 0.717) is 18.1 Å². The number of phenolic OH excluding ortho intramolecular Hbond substituents is 1. The van der Waals surface area contributed by atoms with E-state index in [1.54, 1.807) is 0 Å². The first-order chi connectivity index (χ1) is 13.8. The van der Waals surface area contributed by atoms with Gasteiger partial charge in [0.25, 0.3) is 5.91 Å². The zero-order valence-corrected chi connectivity index (χ0v) is 18.3. The predicted molar refractivity (Wildman–Crippen MR) is 113 cm³/mol. The third-order valence-corrected chi connectivity index (χ3v) is 8.92. The lowest BCUT2D eigenvalue weighted by Gasteiger charge is -2.54. The summed E-state index contributed by atoms with van der Waals surface area (Å²) >= 11 is 0. The molecule has 1 heterocycles. The van der Waals surface area contributed by atoms with Crippen LogP contribution in [0.3, 0.4) is 0 Å². The Bertz CT molecular complexity index is 832. The van der Waals surface area contributed by atoms with Crippen molar-refractivity contribution in [2.45, 2.75) is 78.2 Å². The summed E-state index contributed by atoms with van der Waals surface area (Å²) in [6.45, 7) is 8.58. The van der Waals surface area contributed by atoms with Crippen LogP contribution in [0.15, 0.2) is 0 Å². The molecule has 1 aromatic rings. The predicted octanol–water partition coefficient (Wildman–Crippen LogP) is 4.59. The second-order valence-corrected chi connectivity index (χ2v) is 10.7. The molecule has 2 N–H and O–H groups in total. The largest absolute Gasteiger partial charge is 0.507 e. The number of rotatable bonds is 3. The Kier molecular flexibility index (Phi) is 4.42. The van der Waals surface area contributed by atoms with Gasteiger partial charge in [-0.1, -0.05) is 0 Å². The van der Waals surface area contributed by atoms with Crippen molar-refractivity contribution in [2.75, 3.05) is 6.54 Å². The van der Waals surface area contributed by atoms with E-state index in [2.05, 4.69) is 5.32 Å². The lowest BCUT2D eigenvalue weighted by atomic mass is 9.52. The fourth-order valence-electron chi connectivity index (χ4n) is 7.18. The fourth-order valence-corrected chi connectivity index (χ4v) is 7.18. The average molecular weight is 398 g/mol. The minimum atomic E-state index is -0.834. The van der Waals surface area contributed by atoms with E-state index >= 15 is 0 Å². The number of carbonyl (C=O) groups is 1. The standard InChI is InChI=1S/C25H35NO3/c1-13-14(2)23-20(15(3)22(13)27)5-6-25(4,29-23)24(28)26-12-21-18-8-16-7-17(10-18)11-19(21)9-16/h16-19,21,27H,5-12H2,1-4H3,(H,26,28). The van der Waals surface area contributed by atoms with Gasteiger partial charge < -0.3 is 15.2 Å². The molecule has 6 rings (SSSR count). The van der Waals surface area contributed by atoms with E-state index in [0.717, 1.165) is 64.6 Å². The Labute approximate surface area is 174 Å². The van der Waals surface area contributed by atoms with Gasteiger partial charge in [-0.05, 0) is 112 Å². The minimum Gasteiger partial charge on any atom is -0.507 e. The molecule has 1 aliphatic heterocycles. The Morgan fingerprint density at radius 1 is 1.03 bits per heavy atom. The van der Waals surface area contributed by atoms with Crippen molar-refractivity contribution in [3.8, 4) is 11.5 Å². The second kappa shape index (κ2) is 6.65. The van der Waals surface area contributed by atoms with Crippen molar-refractivity contribution in [1.29, 1.82) is 0 Å². The Balaban J connectivity index is 1.30. The zero-order valence-electron chi connectivity index (χ0n) is 18.3. The summed E-state index contributed by atoms with van der Waals surface area (Å²) in [5.74, 6) is 5.42. The number of amides is 1. The molecule has 0 spiro atoms. The molecule has 1 atom stereocenters. The van der Waals surface area contributed by atoms with E-state index in [-0.39, 0.29) is 5.91 Å². The van der Waals surface area contributed by atoms with Gasteiger partial charge >= 0.3 is 0 Å². The maximum absolute atomic E-state index is 13.2. The van der Waals surface area contributed by atoms with Crippen LogP contribution in [0, 0.1) is 50.4 Å². The number of nitrogens with one attached hydrogen (secondary N) is 1. The molecule has 4 aliphatic carbocycles. The molecule has 4 heteroatoms. The fraction of sp³-hybridized carbons (Fsp3) is 0.720. The SMILES string of the molecule is Cc1c(C)c2c(c(C)c1O)CCC(C)(C(=O)NCC1C3CC4CC(C3)CC1C4)O2. The molecule has 158 valence electrons. The molecule has 4 saturated carbocycles. The van der Waals surface area contributed by atoms with Crippen LogP contribution in [0.1, 0.15) is 67.7 Å². The van der Waals surface area contributed by atoms with Crippen LogP contribution >= 0.6 is 0 Å². The Morgan fingerprint density at radius 3 is 2.28 bits per heavy atom. The van der Waals surface area contributed by atoms with E-state index < -0.39 is 5.60 Å². The van der Waals surface area contributed by atoms with Crippen LogP contribution in [-0.2, 0) is 11.2 Å². The van der Waals surface area contributed by atoms with Crippen molar-refractivity contribution in [3.63, 3.8) is 0 Å². The number of hydrogen-bond acceptors (Lipinski definition) is 3. The molecular weight excluding hydrogens is 362 g/mol. The Hall–Kier alpha value is -1.71. The van der Waals surface area contributed by atoms with Crippen LogP contribution in [0.2, 0.25) is 0 Å². The summed E-state index contributed by atoms with van der Waals surface area (Å²) in [6, 6.07) is 0. The van der Waals surface area contributed by atoms with Crippen LogP contribution < -0.4 is 10.1 Å². The monoisotopic (exact) mass is 397 g/mol. The summed E-state index contributed by atoms with van der Waals surface area (Å²) in [5, 5.41) is 13.7. The molecule has 1 amide bonds. The van der Waals surface area contributed by atoms with Crippen LogP contribution in [0.25, 0.3) is 0 Å². The summed E-state index contributed by atoms with van der Waals surface area (Å²) in [6.07, 6.45) is 8.41. The first kappa shape index (κ1) is 19.3. The number of carbonyl (C=O) groups excluding carboxylic acids is 1. The molecule has 4 bridgehead atoms. The molecule has 0 radical (unpaired) electrons. The van der Waals surface area contributed by atoms with Crippen molar-refractivity contribution >= 4 is 5.91 Å². The second-order valence-electron chi connectivity index (χ2n) is 10.7. The molecular formula is C25H35NO3. The average Bonchev–Trinajstić information content (AvgIpc) is 2.69. The number of phenols is 1. The topological polar surface area (TPSA) is 58.6 Å². The van der Waals surface area contributed by atoms with Gasteiger partial charge in [0.2, 0.25) is 0 Å². The van der Waals surface area contributed by atoms with Gasteiger partial charge in [0.1, 0.15) is 11.5 Å². The van der Waals surface area contributed by atoms with Gasteiger partial charge in [-0.3, -0.25) is 4.79 Å². The van der Waals surface area contributed by atoms with Crippen molar-refractivity contribution in [1.82, 2.24) is 5.32 Å². The highest BCUT2D eigenvalue weighted by molar-refractivity contribution is 5.85. The molecule has 4 nitrogen and oxygen atoms in total. The van der Waals surface area contributed by atoms with Crippen LogP contribution in [0.4, 0.5) is 0 Å². The van der Waals surface area contributed by atoms with Crippen molar-refractivity contribution < 1.29 is 14.6 Å². The molecule has 0 aromatic heterocycles. The number of aromatic hydroxyl groups is 1. The van der Waals surface area contributed by atoms with Crippen LogP contribution in [0.5, 0.6) is 11.5 Å². The van der Waals surface area contributed by atoms with Gasteiger partial charge in [0.15, 0.2) is 5.60 Å². The van der Waals surface area contributed by atoms with Gasteiger partial charge in [-0.25, -0.2) is 0 Å². The summed E-state index contributed by atoms with van der Waals surface area (Å²) in [5.41, 5.74) is 2.90. The highest BCUT2D eigenvalue weighted by atomic mass is 16.5. The molecule has 1 unspecified atom stereocenters. The molecule has 4 fully saturated rings. The van der Waals surface area contributed by atoms with E-state index in [1.165, 1.54) is 32.1 Å². The smallest absolute Gasteiger partial charge is 0.263 e. The van der Waals surface area contributed by atoms with Gasteiger partial charge in [0.05, 0.1) is 0 Å². The van der Waals surface area contributed by atoms with Crippen molar-refractivity contribution in [3.05, 3.63) is 22.3 Å². The molecule has 0 saturated heterocycles. The minimum absolute atomic E-state index is 0.0275. The van der Waals surface area contributed by atoms with E-state index in [4.69, 9.17) is 4.74 Å². The van der Waals surface area contributed by atoms with E-state index in [9.17, 15) is 9.90 Å². The summed E-state index contributed by atoms with van der Waals surface area (Å²) in [4.78, 5) is 13.2. The van der Waals surface area contributed by atoms with Gasteiger partial charge in [-0.2, -0.15) is 0 Å². The van der Waals surface area contributed by atoms with Gasteiger partial charge in [-0.15, -0.1) is 0 Å². The first-order valence-electron chi connectivity index (χ1n) is 11.6. The number of hydrogen-bond donors (Lipinski definition) is 2. The lowest BCUT2D eigenvalue weighted by molar-refractivity contribution is -0.138. The first-order valence-corrected chi connectivity index (χ1v) is 11.6. The summed E-state index contributed by atoms with van der Waals surface area (Å²) in [7, 11) is 0. The maximum Gasteiger partial charge on any atom is 0.263 e. The van der Waals surface area contributed by atoms with Crippen molar-refractivity contribution in [2.24, 2.45) is 29.6 Å². The summed E-state index contributed by atoms with van der Waals surface area (Å²) < 4.78 is 6.36. The van der Waals surface area contributed by atoms with Crippen LogP contribution in [-0.4, -0.2) is 23.2 Å². The highest BCUT2D eigenvalue weighted by Gasteiger charge is 2.48.